The van der Waals surface area contributed by atoms with Crippen molar-refractivity contribution >= 4 is 11.5 Å². The molecule has 90 valence electrons. The second-order valence-corrected chi connectivity index (χ2v) is 4.55. The molecule has 3 rings (SSSR count). The number of nitrogen functional groups attached to an aromatic ring is 1. The summed E-state index contributed by atoms with van der Waals surface area (Å²) >= 11 is 0. The summed E-state index contributed by atoms with van der Waals surface area (Å²) in [6.45, 7) is 3.49. The molecule has 17 heavy (non-hydrogen) atoms. The fraction of sp³-hybridized carbons (Fsp3) is 0.500. The molecule has 0 unspecified atom stereocenters. The Morgan fingerprint density at radius 2 is 2.06 bits per heavy atom. The minimum atomic E-state index is 0.641. The molecule has 0 aliphatic carbocycles. The Hall–Kier alpha value is -1.62. The Morgan fingerprint density at radius 1 is 1.24 bits per heavy atom. The zero-order valence-electron chi connectivity index (χ0n) is 9.84. The maximum absolute atomic E-state index is 5.84. The number of pyridine rings is 1. The zero-order valence-corrected chi connectivity index (χ0v) is 9.84. The molecule has 0 atom stereocenters. The van der Waals surface area contributed by atoms with Gasteiger partial charge in [0, 0.05) is 13.0 Å². The number of likely N-dealkylation sites (tertiary alicyclic amines) is 1. The molecule has 0 amide bonds. The van der Waals surface area contributed by atoms with Gasteiger partial charge in [0.1, 0.15) is 5.82 Å². The van der Waals surface area contributed by atoms with E-state index in [0.717, 1.165) is 24.4 Å². The van der Waals surface area contributed by atoms with Crippen LogP contribution in [0.2, 0.25) is 0 Å². The third kappa shape index (κ3) is 2.10. The van der Waals surface area contributed by atoms with E-state index in [4.69, 9.17) is 5.73 Å². The van der Waals surface area contributed by atoms with E-state index in [9.17, 15) is 0 Å². The molecule has 0 bridgehead atoms. The first-order chi connectivity index (χ1) is 8.33. The van der Waals surface area contributed by atoms with Gasteiger partial charge in [-0.15, -0.1) is 5.10 Å². The SMILES string of the molecule is Nc1cccc2nc(CCN3CCCC3)nn12. The van der Waals surface area contributed by atoms with Crippen molar-refractivity contribution < 1.29 is 0 Å². The first kappa shape index (κ1) is 10.5. The molecular formula is C12H17N5. The van der Waals surface area contributed by atoms with Crippen LogP contribution in [0, 0.1) is 0 Å². The fourth-order valence-corrected chi connectivity index (χ4v) is 2.34. The standard InChI is InChI=1S/C12H17N5/c13-10-4-3-5-12-14-11(15-17(10)12)6-9-16-7-1-2-8-16/h3-5H,1-2,6-9,13H2. The Balaban J connectivity index is 1.74. The Kier molecular flexibility index (Phi) is 2.68. The van der Waals surface area contributed by atoms with Crippen LogP contribution in [0.25, 0.3) is 5.65 Å². The van der Waals surface area contributed by atoms with Crippen LogP contribution in [-0.4, -0.2) is 39.1 Å². The van der Waals surface area contributed by atoms with E-state index < -0.39 is 0 Å². The van der Waals surface area contributed by atoms with E-state index in [1.165, 1.54) is 25.9 Å². The summed E-state index contributed by atoms with van der Waals surface area (Å²) in [5.41, 5.74) is 6.67. The number of hydrogen-bond acceptors (Lipinski definition) is 4. The van der Waals surface area contributed by atoms with Gasteiger partial charge >= 0.3 is 0 Å². The molecule has 5 nitrogen and oxygen atoms in total. The second-order valence-electron chi connectivity index (χ2n) is 4.55. The largest absolute Gasteiger partial charge is 0.384 e. The van der Waals surface area contributed by atoms with Crippen LogP contribution < -0.4 is 5.73 Å². The Bertz CT molecular complexity index is 513. The average Bonchev–Trinajstić information content (AvgIpc) is 2.95. The molecule has 1 fully saturated rings. The topological polar surface area (TPSA) is 59.5 Å². The number of rotatable bonds is 3. The molecule has 0 spiro atoms. The molecule has 1 aliphatic heterocycles. The summed E-state index contributed by atoms with van der Waals surface area (Å²) in [4.78, 5) is 6.95. The number of nitrogens with two attached hydrogens (primary N) is 1. The molecule has 0 aromatic carbocycles. The van der Waals surface area contributed by atoms with Crippen molar-refractivity contribution in [3.05, 3.63) is 24.0 Å². The normalized spacial score (nSPS) is 16.9. The maximum atomic E-state index is 5.84. The van der Waals surface area contributed by atoms with E-state index in [2.05, 4.69) is 15.0 Å². The molecular weight excluding hydrogens is 214 g/mol. The van der Waals surface area contributed by atoms with Gasteiger partial charge in [0.05, 0.1) is 0 Å². The van der Waals surface area contributed by atoms with Gasteiger partial charge in [-0.2, -0.15) is 4.52 Å². The minimum Gasteiger partial charge on any atom is -0.384 e. The minimum absolute atomic E-state index is 0.641. The highest BCUT2D eigenvalue weighted by Gasteiger charge is 2.12. The lowest BCUT2D eigenvalue weighted by Crippen LogP contribution is -2.22. The van der Waals surface area contributed by atoms with Crippen molar-refractivity contribution in [2.45, 2.75) is 19.3 Å². The van der Waals surface area contributed by atoms with Crippen LogP contribution in [0.4, 0.5) is 5.82 Å². The monoisotopic (exact) mass is 231 g/mol. The first-order valence-corrected chi connectivity index (χ1v) is 6.15. The predicted molar refractivity (Wildman–Crippen MR) is 66.8 cm³/mol. The molecule has 2 aromatic heterocycles. The van der Waals surface area contributed by atoms with Crippen molar-refractivity contribution in [3.63, 3.8) is 0 Å². The van der Waals surface area contributed by atoms with Gasteiger partial charge in [0.2, 0.25) is 0 Å². The second kappa shape index (κ2) is 4.33. The lowest BCUT2D eigenvalue weighted by atomic mass is 10.4. The average molecular weight is 231 g/mol. The summed E-state index contributed by atoms with van der Waals surface area (Å²) in [5.74, 6) is 1.53. The van der Waals surface area contributed by atoms with E-state index in [-0.39, 0.29) is 0 Å². The summed E-state index contributed by atoms with van der Waals surface area (Å²) in [5, 5.41) is 4.43. The molecule has 1 aliphatic rings. The predicted octanol–water partition coefficient (Wildman–Crippen LogP) is 0.950. The van der Waals surface area contributed by atoms with Crippen molar-refractivity contribution in [2.24, 2.45) is 0 Å². The van der Waals surface area contributed by atoms with Gasteiger partial charge in [0.15, 0.2) is 11.5 Å². The number of nitrogens with zero attached hydrogens (tertiary/aromatic N) is 4. The quantitative estimate of drug-likeness (QED) is 0.854. The highest BCUT2D eigenvalue weighted by Crippen LogP contribution is 2.10. The molecule has 2 N–H and O–H groups in total. The van der Waals surface area contributed by atoms with Crippen LogP contribution >= 0.6 is 0 Å². The van der Waals surface area contributed by atoms with Crippen LogP contribution in [0.3, 0.4) is 0 Å². The Labute approximate surface area is 100 Å². The lowest BCUT2D eigenvalue weighted by molar-refractivity contribution is 0.341. The number of fused-ring (bicyclic) bond motifs is 1. The first-order valence-electron chi connectivity index (χ1n) is 6.15. The van der Waals surface area contributed by atoms with Crippen molar-refractivity contribution in [1.82, 2.24) is 19.5 Å². The number of anilines is 1. The van der Waals surface area contributed by atoms with Crippen molar-refractivity contribution in [3.8, 4) is 0 Å². The fourth-order valence-electron chi connectivity index (χ4n) is 2.34. The van der Waals surface area contributed by atoms with Crippen LogP contribution in [0.15, 0.2) is 18.2 Å². The highest BCUT2D eigenvalue weighted by atomic mass is 15.3. The molecule has 3 heterocycles. The lowest BCUT2D eigenvalue weighted by Gasteiger charge is -2.12. The summed E-state index contributed by atoms with van der Waals surface area (Å²) < 4.78 is 1.71. The molecule has 1 saturated heterocycles. The van der Waals surface area contributed by atoms with E-state index in [0.29, 0.717) is 5.82 Å². The number of hydrogen-bond donors (Lipinski definition) is 1. The zero-order chi connectivity index (χ0) is 11.7. The molecule has 0 saturated carbocycles. The smallest absolute Gasteiger partial charge is 0.157 e. The van der Waals surface area contributed by atoms with Gasteiger partial charge in [-0.25, -0.2) is 4.98 Å². The molecule has 2 aromatic rings. The number of aromatic nitrogens is 3. The maximum Gasteiger partial charge on any atom is 0.157 e. The van der Waals surface area contributed by atoms with Crippen LogP contribution in [-0.2, 0) is 6.42 Å². The summed E-state index contributed by atoms with van der Waals surface area (Å²) in [7, 11) is 0. The van der Waals surface area contributed by atoms with Gasteiger partial charge in [0.25, 0.3) is 0 Å². The highest BCUT2D eigenvalue weighted by molar-refractivity contribution is 5.45. The third-order valence-corrected chi connectivity index (χ3v) is 3.28. The van der Waals surface area contributed by atoms with E-state index in [1.54, 1.807) is 4.52 Å². The Morgan fingerprint density at radius 3 is 2.82 bits per heavy atom. The molecule has 5 heteroatoms. The van der Waals surface area contributed by atoms with Crippen molar-refractivity contribution in [1.29, 1.82) is 0 Å². The molecule has 0 radical (unpaired) electrons. The summed E-state index contributed by atoms with van der Waals surface area (Å²) in [6, 6.07) is 5.68. The van der Waals surface area contributed by atoms with Crippen LogP contribution in [0.1, 0.15) is 18.7 Å². The van der Waals surface area contributed by atoms with Gasteiger partial charge in [-0.1, -0.05) is 6.07 Å². The van der Waals surface area contributed by atoms with Gasteiger partial charge in [-0.3, -0.25) is 0 Å². The van der Waals surface area contributed by atoms with Crippen molar-refractivity contribution in [2.75, 3.05) is 25.4 Å². The third-order valence-electron chi connectivity index (χ3n) is 3.28. The van der Waals surface area contributed by atoms with Gasteiger partial charge < -0.3 is 10.6 Å². The van der Waals surface area contributed by atoms with Gasteiger partial charge in [-0.05, 0) is 38.1 Å². The van der Waals surface area contributed by atoms with Crippen LogP contribution in [0.5, 0.6) is 0 Å². The summed E-state index contributed by atoms with van der Waals surface area (Å²) in [6.07, 6.45) is 3.55. The van der Waals surface area contributed by atoms with E-state index in [1.807, 2.05) is 18.2 Å². The van der Waals surface area contributed by atoms with E-state index >= 15 is 0 Å².